The second-order valence-corrected chi connectivity index (χ2v) is 10.3. The van der Waals surface area contributed by atoms with Crippen molar-refractivity contribution >= 4 is 17.6 Å². The predicted molar refractivity (Wildman–Crippen MR) is 151 cm³/mol. The number of piperazine rings is 1. The van der Waals surface area contributed by atoms with Crippen molar-refractivity contribution in [2.45, 2.75) is 31.1 Å². The number of carbonyl (C=O) groups is 2. The zero-order chi connectivity index (χ0) is 27.8. The first kappa shape index (κ1) is 28.0. The molecule has 39 heavy (non-hydrogen) atoms. The van der Waals surface area contributed by atoms with Crippen LogP contribution in [0.15, 0.2) is 72.6 Å². The van der Waals surface area contributed by atoms with Crippen molar-refractivity contribution in [3.05, 3.63) is 83.7 Å². The van der Waals surface area contributed by atoms with Crippen LogP contribution in [0.5, 0.6) is 5.75 Å². The van der Waals surface area contributed by atoms with Gasteiger partial charge in [-0.15, -0.1) is 0 Å². The van der Waals surface area contributed by atoms with E-state index in [0.717, 1.165) is 30.9 Å². The zero-order valence-electron chi connectivity index (χ0n) is 22.3. The van der Waals surface area contributed by atoms with Crippen molar-refractivity contribution in [1.29, 1.82) is 0 Å². The maximum atomic E-state index is 14.1. The molecule has 0 atom stereocenters. The molecule has 2 aliphatic heterocycles. The monoisotopic (exact) mass is 533 g/mol. The van der Waals surface area contributed by atoms with E-state index < -0.39 is 11.4 Å². The molecule has 4 rings (SSSR count). The van der Waals surface area contributed by atoms with Gasteiger partial charge in [-0.25, -0.2) is 0 Å². The minimum Gasteiger partial charge on any atom is -0.507 e. The fraction of sp³-hybridized carbons (Fsp3) is 0.400. The number of phenolic OH excluding ortho intramolecular Hbond substituents is 1. The number of rotatable bonds is 9. The molecule has 1 amide bonds. The van der Waals surface area contributed by atoms with Crippen LogP contribution < -0.4 is 11.5 Å². The van der Waals surface area contributed by atoms with E-state index in [1.165, 1.54) is 6.20 Å². The molecular formula is C30H39N5O4. The number of hydrogen-bond donors (Lipinski definition) is 4. The number of likely N-dealkylation sites (tertiary alicyclic amines) is 1. The number of benzene rings is 2. The summed E-state index contributed by atoms with van der Waals surface area (Å²) in [5.74, 6) is -0.512. The summed E-state index contributed by atoms with van der Waals surface area (Å²) in [5.41, 5.74) is 14.4. The summed E-state index contributed by atoms with van der Waals surface area (Å²) in [6.45, 7) is 4.76. The van der Waals surface area contributed by atoms with Gasteiger partial charge in [-0.2, -0.15) is 0 Å². The Labute approximate surface area is 230 Å². The number of carboxylic acid groups (broad SMARTS) is 1. The van der Waals surface area contributed by atoms with Crippen molar-refractivity contribution in [3.63, 3.8) is 0 Å². The van der Waals surface area contributed by atoms with E-state index in [0.29, 0.717) is 56.7 Å². The molecule has 6 N–H and O–H groups in total. The Morgan fingerprint density at radius 1 is 0.897 bits per heavy atom. The Hall–Kier alpha value is -3.98. The molecule has 2 aromatic carbocycles. The maximum absolute atomic E-state index is 14.1. The summed E-state index contributed by atoms with van der Waals surface area (Å²) in [6.07, 6.45) is 5.35. The normalized spacial score (nSPS) is 18.7. The third-order valence-electron chi connectivity index (χ3n) is 7.93. The zero-order valence-corrected chi connectivity index (χ0v) is 22.3. The molecule has 0 bridgehead atoms. The van der Waals surface area contributed by atoms with Gasteiger partial charge in [-0.1, -0.05) is 42.5 Å². The minimum atomic E-state index is -0.774. The van der Waals surface area contributed by atoms with Crippen molar-refractivity contribution in [2.24, 2.45) is 11.5 Å². The van der Waals surface area contributed by atoms with Crippen LogP contribution in [0.4, 0.5) is 0 Å². The van der Waals surface area contributed by atoms with Crippen molar-refractivity contribution in [2.75, 3.05) is 45.8 Å². The Balaban J connectivity index is 1.47. The molecule has 2 saturated heterocycles. The second kappa shape index (κ2) is 12.7. The predicted octanol–water partition coefficient (Wildman–Crippen LogP) is 2.53. The van der Waals surface area contributed by atoms with Gasteiger partial charge in [0.1, 0.15) is 5.75 Å². The van der Waals surface area contributed by atoms with E-state index in [-0.39, 0.29) is 18.1 Å². The molecule has 2 heterocycles. The van der Waals surface area contributed by atoms with Crippen LogP contribution in [0.1, 0.15) is 36.8 Å². The van der Waals surface area contributed by atoms with Crippen molar-refractivity contribution in [3.8, 4) is 5.75 Å². The van der Waals surface area contributed by atoms with Crippen LogP contribution in [-0.2, 0) is 15.0 Å². The lowest BCUT2D eigenvalue weighted by Crippen LogP contribution is -2.57. The van der Waals surface area contributed by atoms with Gasteiger partial charge in [0.25, 0.3) is 0 Å². The molecule has 9 nitrogen and oxygen atoms in total. The topological polar surface area (TPSA) is 136 Å². The van der Waals surface area contributed by atoms with Crippen molar-refractivity contribution < 1.29 is 19.8 Å². The molecule has 9 heteroatoms. The first-order chi connectivity index (χ1) is 18.8. The molecule has 208 valence electrons. The lowest BCUT2D eigenvalue weighted by atomic mass is 9.71. The summed E-state index contributed by atoms with van der Waals surface area (Å²) in [4.78, 5) is 31.3. The SMILES string of the molecule is N/C=C(\C=C(/N)c1ccccc1O)N1CCC(C(=O)N2CCN(CCCC(=O)O)CC2)(c2ccccc2)CC1. The fourth-order valence-electron chi connectivity index (χ4n) is 5.66. The van der Waals surface area contributed by atoms with Gasteiger partial charge in [0.05, 0.1) is 11.1 Å². The average Bonchev–Trinajstić information content (AvgIpc) is 2.96. The van der Waals surface area contributed by atoms with E-state index in [9.17, 15) is 14.7 Å². The van der Waals surface area contributed by atoms with Gasteiger partial charge in [-0.3, -0.25) is 14.5 Å². The Kier molecular flexibility index (Phi) is 9.14. The third-order valence-corrected chi connectivity index (χ3v) is 7.93. The number of nitrogens with two attached hydrogens (primary N) is 2. The summed E-state index contributed by atoms with van der Waals surface area (Å²) >= 11 is 0. The highest BCUT2D eigenvalue weighted by atomic mass is 16.4. The molecule has 2 aliphatic rings. The summed E-state index contributed by atoms with van der Waals surface area (Å²) in [6, 6.07) is 16.9. The number of carboxylic acids is 1. The van der Waals surface area contributed by atoms with E-state index in [1.54, 1.807) is 24.3 Å². The summed E-state index contributed by atoms with van der Waals surface area (Å²) < 4.78 is 0. The number of phenols is 1. The third kappa shape index (κ3) is 6.54. The number of amides is 1. The summed E-state index contributed by atoms with van der Waals surface area (Å²) in [7, 11) is 0. The lowest BCUT2D eigenvalue weighted by molar-refractivity contribution is -0.141. The highest BCUT2D eigenvalue weighted by Gasteiger charge is 2.45. The van der Waals surface area contributed by atoms with Crippen LogP contribution in [0.25, 0.3) is 5.70 Å². The van der Waals surface area contributed by atoms with E-state index in [2.05, 4.69) is 9.80 Å². The number of hydrogen-bond acceptors (Lipinski definition) is 7. The molecule has 0 radical (unpaired) electrons. The first-order valence-electron chi connectivity index (χ1n) is 13.6. The molecule has 0 unspecified atom stereocenters. The lowest BCUT2D eigenvalue weighted by Gasteiger charge is -2.46. The second-order valence-electron chi connectivity index (χ2n) is 10.3. The van der Waals surface area contributed by atoms with E-state index >= 15 is 0 Å². The van der Waals surface area contributed by atoms with Gasteiger partial charge in [0, 0.05) is 63.1 Å². The molecule has 0 aromatic heterocycles. The number of nitrogens with zero attached hydrogens (tertiary/aromatic N) is 3. The molecule has 0 spiro atoms. The van der Waals surface area contributed by atoms with Crippen LogP contribution in [0, 0.1) is 0 Å². The van der Waals surface area contributed by atoms with Crippen LogP contribution >= 0.6 is 0 Å². The smallest absolute Gasteiger partial charge is 0.303 e. The summed E-state index contributed by atoms with van der Waals surface area (Å²) in [5, 5.41) is 19.1. The molecule has 0 aliphatic carbocycles. The maximum Gasteiger partial charge on any atom is 0.303 e. The van der Waals surface area contributed by atoms with Gasteiger partial charge in [-0.05, 0) is 49.6 Å². The Morgan fingerprint density at radius 3 is 2.15 bits per heavy atom. The molecular weight excluding hydrogens is 494 g/mol. The highest BCUT2D eigenvalue weighted by Crippen LogP contribution is 2.39. The molecule has 2 fully saturated rings. The minimum absolute atomic E-state index is 0.108. The van der Waals surface area contributed by atoms with Gasteiger partial charge in [0.15, 0.2) is 0 Å². The average molecular weight is 534 g/mol. The number of aromatic hydroxyl groups is 1. The number of aliphatic carboxylic acids is 1. The Bertz CT molecular complexity index is 1200. The van der Waals surface area contributed by atoms with Gasteiger partial charge < -0.3 is 31.5 Å². The van der Waals surface area contributed by atoms with Gasteiger partial charge in [0.2, 0.25) is 5.91 Å². The van der Waals surface area contributed by atoms with Gasteiger partial charge >= 0.3 is 5.97 Å². The van der Waals surface area contributed by atoms with Crippen molar-refractivity contribution in [1.82, 2.24) is 14.7 Å². The highest BCUT2D eigenvalue weighted by molar-refractivity contribution is 5.88. The standard InChI is InChI=1S/C30H39N5O4/c31-22-24(21-26(32)25-9-4-5-10-27(25)36)34-15-12-30(13-16-34,23-7-2-1-3-8-23)29(39)35-19-17-33(18-20-35)14-6-11-28(37)38/h1-5,7-10,21-22,36H,6,11-20,31-32H2,(H,37,38)/b24-22+,26-21-. The number of allylic oxidation sites excluding steroid dienone is 1. The molecule has 2 aromatic rings. The number of carbonyl (C=O) groups excluding carboxylic acids is 1. The van der Waals surface area contributed by atoms with E-state index in [4.69, 9.17) is 16.6 Å². The molecule has 0 saturated carbocycles. The first-order valence-corrected chi connectivity index (χ1v) is 13.6. The number of para-hydroxylation sites is 1. The Morgan fingerprint density at radius 2 is 1.54 bits per heavy atom. The largest absolute Gasteiger partial charge is 0.507 e. The number of piperidine rings is 1. The van der Waals surface area contributed by atoms with Crippen LogP contribution in [0.2, 0.25) is 0 Å². The van der Waals surface area contributed by atoms with Crippen LogP contribution in [-0.4, -0.2) is 82.6 Å². The van der Waals surface area contributed by atoms with Crippen LogP contribution in [0.3, 0.4) is 0 Å². The fourth-order valence-corrected chi connectivity index (χ4v) is 5.66. The quantitative estimate of drug-likeness (QED) is 0.361. The van der Waals surface area contributed by atoms with E-state index in [1.807, 2.05) is 41.3 Å².